The standard InChI is InChI=1S/C14H20ClNS/c1-11-4-5-12(13(15)8-11)9-16-10-14(17-2)6-3-7-14/h4-5,8,16H,3,6-7,9-10H2,1-2H3. The number of nitrogens with one attached hydrogen (secondary N) is 1. The minimum atomic E-state index is 0.497. The van der Waals surface area contributed by atoms with Gasteiger partial charge in [-0.3, -0.25) is 0 Å². The van der Waals surface area contributed by atoms with E-state index >= 15 is 0 Å². The van der Waals surface area contributed by atoms with Crippen molar-refractivity contribution in [3.63, 3.8) is 0 Å². The molecule has 0 atom stereocenters. The van der Waals surface area contributed by atoms with Gasteiger partial charge in [-0.1, -0.05) is 30.2 Å². The summed E-state index contributed by atoms with van der Waals surface area (Å²) in [5.41, 5.74) is 2.42. The number of halogens is 1. The van der Waals surface area contributed by atoms with E-state index in [4.69, 9.17) is 11.6 Å². The molecular formula is C14H20ClNS. The first-order valence-corrected chi connectivity index (χ1v) is 7.76. The second kappa shape index (κ2) is 5.64. The van der Waals surface area contributed by atoms with Crippen molar-refractivity contribution >= 4 is 23.4 Å². The van der Waals surface area contributed by atoms with Gasteiger partial charge in [0.15, 0.2) is 0 Å². The molecule has 2 rings (SSSR count). The fourth-order valence-corrected chi connectivity index (χ4v) is 3.49. The van der Waals surface area contributed by atoms with Crippen LogP contribution in [0.1, 0.15) is 30.4 Å². The molecule has 1 nitrogen and oxygen atoms in total. The van der Waals surface area contributed by atoms with Gasteiger partial charge in [-0.05, 0) is 43.2 Å². The van der Waals surface area contributed by atoms with Crippen molar-refractivity contribution in [2.45, 2.75) is 37.5 Å². The predicted octanol–water partition coefficient (Wildman–Crippen LogP) is 4.02. The summed E-state index contributed by atoms with van der Waals surface area (Å²) in [6.07, 6.45) is 6.30. The van der Waals surface area contributed by atoms with Crippen LogP contribution in [-0.2, 0) is 6.54 Å². The fourth-order valence-electron chi connectivity index (χ4n) is 2.24. The Balaban J connectivity index is 1.85. The van der Waals surface area contributed by atoms with Crippen molar-refractivity contribution in [2.75, 3.05) is 12.8 Å². The summed E-state index contributed by atoms with van der Waals surface area (Å²) in [4.78, 5) is 0. The highest BCUT2D eigenvalue weighted by molar-refractivity contribution is 8.00. The van der Waals surface area contributed by atoms with E-state index in [0.717, 1.165) is 18.1 Å². The lowest BCUT2D eigenvalue weighted by Crippen LogP contribution is -2.43. The van der Waals surface area contributed by atoms with Crippen LogP contribution in [0.25, 0.3) is 0 Å². The smallest absolute Gasteiger partial charge is 0.0453 e. The Morgan fingerprint density at radius 3 is 2.71 bits per heavy atom. The van der Waals surface area contributed by atoms with Crippen LogP contribution in [0, 0.1) is 6.92 Å². The van der Waals surface area contributed by atoms with Crippen LogP contribution in [0.15, 0.2) is 18.2 Å². The van der Waals surface area contributed by atoms with Crippen molar-refractivity contribution in [1.82, 2.24) is 5.32 Å². The lowest BCUT2D eigenvalue weighted by Gasteiger charge is -2.40. The summed E-state index contributed by atoms with van der Waals surface area (Å²) in [6, 6.07) is 6.28. The lowest BCUT2D eigenvalue weighted by atomic mass is 9.84. The molecule has 17 heavy (non-hydrogen) atoms. The highest BCUT2D eigenvalue weighted by atomic mass is 35.5. The molecule has 0 radical (unpaired) electrons. The molecule has 1 aromatic carbocycles. The summed E-state index contributed by atoms with van der Waals surface area (Å²) in [5.74, 6) is 0. The fraction of sp³-hybridized carbons (Fsp3) is 0.571. The molecule has 3 heteroatoms. The molecule has 1 aliphatic carbocycles. The number of benzene rings is 1. The molecule has 0 spiro atoms. The molecule has 0 unspecified atom stereocenters. The van der Waals surface area contributed by atoms with Gasteiger partial charge in [0.2, 0.25) is 0 Å². The van der Waals surface area contributed by atoms with Gasteiger partial charge in [-0.25, -0.2) is 0 Å². The Bertz CT molecular complexity index is 382. The van der Waals surface area contributed by atoms with E-state index in [9.17, 15) is 0 Å². The zero-order valence-electron chi connectivity index (χ0n) is 10.6. The molecule has 1 fully saturated rings. The molecule has 1 N–H and O–H groups in total. The molecule has 0 saturated heterocycles. The first kappa shape index (κ1) is 13.3. The summed E-state index contributed by atoms with van der Waals surface area (Å²) >= 11 is 8.22. The number of aryl methyl sites for hydroxylation is 1. The normalized spacial score (nSPS) is 17.8. The molecule has 1 aromatic rings. The van der Waals surface area contributed by atoms with E-state index in [0.29, 0.717) is 4.75 Å². The Labute approximate surface area is 113 Å². The predicted molar refractivity (Wildman–Crippen MR) is 78.0 cm³/mol. The monoisotopic (exact) mass is 269 g/mol. The molecule has 0 amide bonds. The van der Waals surface area contributed by atoms with Crippen LogP contribution in [-0.4, -0.2) is 17.5 Å². The molecule has 0 aliphatic heterocycles. The molecule has 0 bridgehead atoms. The van der Waals surface area contributed by atoms with Gasteiger partial charge in [-0.2, -0.15) is 11.8 Å². The van der Waals surface area contributed by atoms with Crippen LogP contribution in [0.3, 0.4) is 0 Å². The zero-order valence-corrected chi connectivity index (χ0v) is 12.1. The quantitative estimate of drug-likeness (QED) is 0.866. The first-order chi connectivity index (χ1) is 8.15. The number of rotatable bonds is 5. The van der Waals surface area contributed by atoms with Crippen molar-refractivity contribution in [3.05, 3.63) is 34.3 Å². The average Bonchev–Trinajstić information content (AvgIpc) is 2.25. The molecule has 1 saturated carbocycles. The molecule has 94 valence electrons. The average molecular weight is 270 g/mol. The maximum absolute atomic E-state index is 6.22. The van der Waals surface area contributed by atoms with Gasteiger partial charge in [0.25, 0.3) is 0 Å². The van der Waals surface area contributed by atoms with E-state index in [1.54, 1.807) is 0 Å². The van der Waals surface area contributed by atoms with Crippen LogP contribution in [0.5, 0.6) is 0 Å². The lowest BCUT2D eigenvalue weighted by molar-refractivity contribution is 0.345. The topological polar surface area (TPSA) is 12.0 Å². The van der Waals surface area contributed by atoms with E-state index < -0.39 is 0 Å². The largest absolute Gasteiger partial charge is 0.311 e. The number of hydrogen-bond donors (Lipinski definition) is 1. The maximum atomic E-state index is 6.22. The highest BCUT2D eigenvalue weighted by Gasteiger charge is 2.35. The third-order valence-corrected chi connectivity index (χ3v) is 5.44. The summed E-state index contributed by atoms with van der Waals surface area (Å²) in [5, 5.41) is 4.43. The third-order valence-electron chi connectivity index (χ3n) is 3.67. The highest BCUT2D eigenvalue weighted by Crippen LogP contribution is 2.42. The summed E-state index contributed by atoms with van der Waals surface area (Å²) in [6.45, 7) is 4.04. The van der Waals surface area contributed by atoms with Gasteiger partial charge in [0, 0.05) is 22.9 Å². The van der Waals surface area contributed by atoms with E-state index in [2.05, 4.69) is 30.6 Å². The zero-order chi connectivity index (χ0) is 12.3. The van der Waals surface area contributed by atoms with Gasteiger partial charge >= 0.3 is 0 Å². The SMILES string of the molecule is CSC1(CNCc2ccc(C)cc2Cl)CCC1. The van der Waals surface area contributed by atoms with Crippen LogP contribution in [0.4, 0.5) is 0 Å². The molecular weight excluding hydrogens is 250 g/mol. The number of thioether (sulfide) groups is 1. The minimum Gasteiger partial charge on any atom is -0.311 e. The molecule has 0 heterocycles. The maximum Gasteiger partial charge on any atom is 0.0453 e. The second-order valence-electron chi connectivity index (χ2n) is 4.94. The van der Waals surface area contributed by atoms with Crippen LogP contribution >= 0.6 is 23.4 Å². The molecule has 0 aromatic heterocycles. The minimum absolute atomic E-state index is 0.497. The summed E-state index contributed by atoms with van der Waals surface area (Å²) in [7, 11) is 0. The molecule has 1 aliphatic rings. The van der Waals surface area contributed by atoms with Crippen molar-refractivity contribution in [1.29, 1.82) is 0 Å². The Morgan fingerprint density at radius 2 is 2.18 bits per heavy atom. The Morgan fingerprint density at radius 1 is 1.41 bits per heavy atom. The first-order valence-electron chi connectivity index (χ1n) is 6.16. The Hall–Kier alpha value is -0.180. The third kappa shape index (κ3) is 3.18. The van der Waals surface area contributed by atoms with Gasteiger partial charge in [0.1, 0.15) is 0 Å². The number of hydrogen-bond acceptors (Lipinski definition) is 2. The van der Waals surface area contributed by atoms with E-state index in [-0.39, 0.29) is 0 Å². The van der Waals surface area contributed by atoms with E-state index in [1.165, 1.54) is 30.4 Å². The van der Waals surface area contributed by atoms with Crippen molar-refractivity contribution in [3.8, 4) is 0 Å². The van der Waals surface area contributed by atoms with Crippen LogP contribution < -0.4 is 5.32 Å². The second-order valence-corrected chi connectivity index (χ2v) is 6.62. The Kier molecular flexibility index (Phi) is 4.40. The van der Waals surface area contributed by atoms with Crippen molar-refractivity contribution < 1.29 is 0 Å². The van der Waals surface area contributed by atoms with Gasteiger partial charge in [0.05, 0.1) is 0 Å². The van der Waals surface area contributed by atoms with Crippen molar-refractivity contribution in [2.24, 2.45) is 0 Å². The van der Waals surface area contributed by atoms with Gasteiger partial charge < -0.3 is 5.32 Å². The summed E-state index contributed by atoms with van der Waals surface area (Å²) < 4.78 is 0.497. The van der Waals surface area contributed by atoms with Gasteiger partial charge in [-0.15, -0.1) is 0 Å². The van der Waals surface area contributed by atoms with E-state index in [1.807, 2.05) is 17.8 Å². The van der Waals surface area contributed by atoms with Crippen LogP contribution in [0.2, 0.25) is 5.02 Å².